The van der Waals surface area contributed by atoms with E-state index in [1.165, 1.54) is 66.7 Å². The van der Waals surface area contributed by atoms with E-state index in [4.69, 9.17) is 53.5 Å². The van der Waals surface area contributed by atoms with Crippen LogP contribution in [0.2, 0.25) is 5.02 Å². The van der Waals surface area contributed by atoms with Crippen LogP contribution in [0.3, 0.4) is 0 Å². The largest absolute Gasteiger partial charge is 0.480 e. The number of hydrogen-bond acceptors (Lipinski definition) is 22. The molecule has 0 fully saturated rings. The van der Waals surface area contributed by atoms with Gasteiger partial charge in [0.1, 0.15) is 21.8 Å². The predicted molar refractivity (Wildman–Crippen MR) is 320 cm³/mol. The number of hydrogen-bond donors (Lipinski definition) is 8. The zero-order valence-electron chi connectivity index (χ0n) is 49.4. The molecule has 2 unspecified atom stereocenters. The van der Waals surface area contributed by atoms with Crippen LogP contribution in [-0.2, 0) is 54.9 Å². The van der Waals surface area contributed by atoms with Crippen molar-refractivity contribution in [2.75, 3.05) is 42.1 Å². The summed E-state index contributed by atoms with van der Waals surface area (Å²) in [5, 5.41) is 21.3. The Morgan fingerprint density at radius 2 is 1.31 bits per heavy atom. The summed E-state index contributed by atoms with van der Waals surface area (Å²) in [6.07, 6.45) is -1.75. The average Bonchev–Trinajstić information content (AvgIpc) is 1.64. The highest BCUT2D eigenvalue weighted by Crippen LogP contribution is 2.38. The van der Waals surface area contributed by atoms with Crippen molar-refractivity contribution in [2.45, 2.75) is 94.0 Å². The molecule has 0 saturated heterocycles. The van der Waals surface area contributed by atoms with Crippen molar-refractivity contribution in [3.8, 4) is 17.8 Å². The Kier molecular flexibility index (Phi) is 28.7. The monoisotopic (exact) mass is 1450 g/mol. The van der Waals surface area contributed by atoms with Gasteiger partial charge in [0, 0.05) is 35.4 Å². The highest BCUT2D eigenvalue weighted by atomic mass is 35.5. The molecule has 2 atom stereocenters. The normalized spacial score (nSPS) is 14.0. The second kappa shape index (κ2) is 34.8. The number of aromatic carboxylic acids is 1. The van der Waals surface area contributed by atoms with Crippen molar-refractivity contribution in [1.29, 1.82) is 0 Å². The first-order chi connectivity index (χ1) is 44.2. The Hall–Kier alpha value is -9.14. The van der Waals surface area contributed by atoms with Crippen LogP contribution in [0.1, 0.15) is 72.8 Å². The quantitative estimate of drug-likeness (QED) is 0.0107. The van der Waals surface area contributed by atoms with Gasteiger partial charge in [-0.05, 0) is 106 Å². The van der Waals surface area contributed by atoms with E-state index in [9.17, 15) is 85.7 Å². The van der Waals surface area contributed by atoms with E-state index in [1.807, 2.05) is 0 Å². The summed E-state index contributed by atoms with van der Waals surface area (Å²) in [5.74, 6) is -6.87. The fourth-order valence-corrected chi connectivity index (χ4v) is 11.1. The van der Waals surface area contributed by atoms with Crippen LogP contribution in [0.5, 0.6) is 17.8 Å². The van der Waals surface area contributed by atoms with Crippen LogP contribution in [0.15, 0.2) is 98.8 Å². The second-order valence-electron chi connectivity index (χ2n) is 19.0. The molecule has 0 spiro atoms. The smallest absolute Gasteiger partial charge is 0.389 e. The molecule has 2 aliphatic rings. The lowest BCUT2D eigenvalue weighted by Crippen LogP contribution is -2.35. The number of esters is 1. The molecule has 1 aliphatic carbocycles. The van der Waals surface area contributed by atoms with Crippen LogP contribution < -0.4 is 44.9 Å². The fraction of sp³-hybridized carbons (Fsp3) is 0.321. The number of aliphatic carboxylic acids is 1. The molecule has 516 valence electrons. The number of carboxylic acid groups (broad SMARTS) is 2. The van der Waals surface area contributed by atoms with E-state index in [2.05, 4.69) is 39.7 Å². The second-order valence-corrected chi connectivity index (χ2v) is 25.7. The number of carbonyl (C=O) groups is 7. The summed E-state index contributed by atoms with van der Waals surface area (Å²) < 4.78 is 167. The van der Waals surface area contributed by atoms with Gasteiger partial charge < -0.3 is 39.8 Å². The number of carbonyl (C=O) groups excluding carboxylic acids is 5. The number of methoxy groups -OCH3 is 1. The van der Waals surface area contributed by atoms with Crippen molar-refractivity contribution < 1.29 is 120 Å². The number of imide groups is 1. The molecule has 30 nitrogen and oxygen atoms in total. The lowest BCUT2D eigenvalue weighted by Gasteiger charge is -2.16. The third-order valence-electron chi connectivity index (χ3n) is 11.8. The molecule has 7 rings (SSSR count). The number of benzene rings is 3. The van der Waals surface area contributed by atoms with Crippen LogP contribution in [0, 0.1) is 6.92 Å². The number of nitrogens with one attached hydrogen (secondary N) is 4. The van der Waals surface area contributed by atoms with Gasteiger partial charge in [0.25, 0.3) is 31.9 Å². The molecule has 95 heavy (non-hydrogen) atoms. The first-order valence-electron chi connectivity index (χ1n) is 26.7. The number of alkyl halides is 7. The molecular weight excluding hydrogens is 1390 g/mol. The first-order valence-corrected chi connectivity index (χ1v) is 32.7. The van der Waals surface area contributed by atoms with Gasteiger partial charge in [-0.3, -0.25) is 29.6 Å². The number of rotatable bonds is 22. The van der Waals surface area contributed by atoms with E-state index in [0.717, 1.165) is 31.0 Å². The maximum atomic E-state index is 12.7. The van der Waals surface area contributed by atoms with Crippen LogP contribution in [0.25, 0.3) is 6.08 Å². The van der Waals surface area contributed by atoms with E-state index in [0.29, 0.717) is 46.3 Å². The Labute approximate surface area is 544 Å². The number of nitrogens with two attached hydrogens (primary N) is 1. The maximum absolute atomic E-state index is 12.7. The van der Waals surface area contributed by atoms with Gasteiger partial charge in [0.15, 0.2) is 7.37 Å². The molecule has 5 aromatic rings. The third-order valence-corrected chi connectivity index (χ3v) is 16.3. The molecule has 6 amide bonds. The van der Waals surface area contributed by atoms with E-state index in [-0.39, 0.29) is 59.4 Å². The summed E-state index contributed by atoms with van der Waals surface area (Å²) >= 11 is 12.1. The topological polar surface area (TPSA) is 444 Å². The number of nitrogens with zero attached hydrogens (tertiary/aromatic N) is 6. The summed E-state index contributed by atoms with van der Waals surface area (Å²) in [6, 6.07) is 10.7. The number of aryl methyl sites for hydroxylation is 2. The highest BCUT2D eigenvalue weighted by molar-refractivity contribution is 7.90. The Morgan fingerprint density at radius 3 is 1.80 bits per heavy atom. The molecule has 0 radical (unpaired) electrons. The highest BCUT2D eigenvalue weighted by Gasteiger charge is 2.40. The van der Waals surface area contributed by atoms with Crippen molar-refractivity contribution in [3.05, 3.63) is 117 Å². The van der Waals surface area contributed by atoms with Crippen LogP contribution in [-0.4, -0.2) is 151 Å². The van der Waals surface area contributed by atoms with Crippen molar-refractivity contribution in [3.63, 3.8) is 0 Å². The number of aromatic nitrogens is 5. The number of ether oxygens (including phenoxy) is 4. The first kappa shape index (κ1) is 78.3. The number of urea groups is 2. The fourth-order valence-electron chi connectivity index (χ4n) is 7.75. The minimum atomic E-state index is -4.71. The van der Waals surface area contributed by atoms with Crippen molar-refractivity contribution in [1.82, 2.24) is 34.4 Å². The molecule has 9 N–H and O–H groups in total. The minimum absolute atomic E-state index is 0.0412. The zero-order valence-corrected chi connectivity index (χ0v) is 53.4. The molecule has 0 bridgehead atoms. The standard InChI is InChI=1S/C19H17Cl2NO4.C15H16F3N5O4S.C14H10F4N4O7S.C5H12NO4P/c1-2-26-19(25)16(21)10-11-9-12(7-8-15(11)20)22-17(23)13-5-3-4-6-14(13)18(22)24;1-9-19-12(22-14(20-9)27-2)21-13(24)23-28(25,26)11-6-4-3-5-10(11)7-8-15(16,17)18;15-11(16)28-8-5-9(29-12(17)18)20-13(19-8)21-14(25)22-30(26,27)7-4-2-1-3-6(7)10(23)24;1-11(9,10)3-2-4(6)5(7)8/h7-10H,2-6H2,1H3;3-6H,7-8H2,1-2H3,(H2,19,20,21,22,23,24);1-5,11-12H,(H,23,24)(H2,19,20,21,22,25);4H,2-3,6H2,1H3,(H,7,8)(H,9,10)/b16-10-;;;. The molecular formula is C53H55Cl2F7N11O19PS2. The van der Waals surface area contributed by atoms with E-state index >= 15 is 0 Å². The Morgan fingerprint density at radius 1 is 0.789 bits per heavy atom. The van der Waals surface area contributed by atoms with Gasteiger partial charge >= 0.3 is 55.4 Å². The van der Waals surface area contributed by atoms with Gasteiger partial charge in [-0.15, -0.1) is 0 Å². The summed E-state index contributed by atoms with van der Waals surface area (Å²) in [6.45, 7) is -2.26. The Balaban J connectivity index is 0.000000281. The van der Waals surface area contributed by atoms with Gasteiger partial charge in [0.2, 0.25) is 23.7 Å². The molecule has 1 aliphatic heterocycles. The lowest BCUT2D eigenvalue weighted by atomic mass is 9.93. The zero-order chi connectivity index (χ0) is 71.3. The molecule has 2 aromatic heterocycles. The lowest BCUT2D eigenvalue weighted by molar-refractivity contribution is -0.139. The number of anilines is 3. The van der Waals surface area contributed by atoms with Gasteiger partial charge in [-0.2, -0.15) is 55.7 Å². The van der Waals surface area contributed by atoms with E-state index < -0.39 is 129 Å². The molecule has 42 heteroatoms. The van der Waals surface area contributed by atoms with Gasteiger partial charge in [-0.1, -0.05) is 53.5 Å². The van der Waals surface area contributed by atoms with Crippen LogP contribution >= 0.6 is 30.6 Å². The number of amides is 6. The van der Waals surface area contributed by atoms with Gasteiger partial charge in [0.05, 0.1) is 35.9 Å². The number of sulfonamides is 2. The molecule has 3 heterocycles. The summed E-state index contributed by atoms with van der Waals surface area (Å²) in [4.78, 5) is 109. The Bertz CT molecular complexity index is 3970. The predicted octanol–water partition coefficient (Wildman–Crippen LogP) is 8.00. The summed E-state index contributed by atoms with van der Waals surface area (Å²) in [7, 11) is -11.0. The molecule has 0 saturated carbocycles. The van der Waals surface area contributed by atoms with Crippen LogP contribution in [0.4, 0.5) is 57.9 Å². The average molecular weight is 1450 g/mol. The SMILES string of the molecule is CCOC(=O)/C(Cl)=C/c1cc(N2C(=O)C3=C(CCCC3)C2=O)ccc1Cl.COc1nc(C)nc(NC(=O)NS(=O)(=O)c2ccccc2CCC(F)(F)F)n1.CP(=O)(O)CCC(N)C(=O)O.O=C(Nc1nc(OC(F)F)cc(OC(F)F)n1)NS(=O)(=O)c1ccccc1C(=O)O. The van der Waals surface area contributed by atoms with Crippen molar-refractivity contribution >= 4 is 116 Å². The maximum Gasteiger partial charge on any atom is 0.389 e. The number of halogens is 9. The number of carboxylic acids is 2. The molecule has 3 aromatic carbocycles. The van der Waals surface area contributed by atoms with Crippen molar-refractivity contribution in [2.24, 2.45) is 5.73 Å². The van der Waals surface area contributed by atoms with Gasteiger partial charge in [-0.25, -0.2) is 50.4 Å². The minimum Gasteiger partial charge on any atom is -0.480 e. The third kappa shape index (κ3) is 25.3. The summed E-state index contributed by atoms with van der Waals surface area (Å²) in [5.41, 5.74) is 6.42. The van der Waals surface area contributed by atoms with E-state index in [1.54, 1.807) is 35.2 Å².